The molecule has 1 aliphatic heterocycles. The molecule has 3 nitrogen and oxygen atoms in total. The minimum Gasteiger partial charge on any atom is -0.274 e. The van der Waals surface area contributed by atoms with Crippen LogP contribution in [0, 0.1) is 18.8 Å². The maximum absolute atomic E-state index is 14.0. The number of hydrogen-bond donors (Lipinski definition) is 0. The lowest BCUT2D eigenvalue weighted by Gasteiger charge is -2.55. The van der Waals surface area contributed by atoms with E-state index in [9.17, 15) is 9.59 Å². The second-order valence-electron chi connectivity index (χ2n) is 8.41. The predicted molar refractivity (Wildman–Crippen MR) is 128 cm³/mol. The first-order valence-electron chi connectivity index (χ1n) is 10.0. The summed E-state index contributed by atoms with van der Waals surface area (Å²) in [6, 6.07) is 21.5. The van der Waals surface area contributed by atoms with Gasteiger partial charge < -0.3 is 0 Å². The first-order chi connectivity index (χ1) is 14.8. The van der Waals surface area contributed by atoms with E-state index in [0.29, 0.717) is 10.7 Å². The first kappa shape index (κ1) is 19.7. The summed E-state index contributed by atoms with van der Waals surface area (Å²) in [4.78, 5) is 29.3. The molecule has 1 heterocycles. The van der Waals surface area contributed by atoms with Crippen molar-refractivity contribution in [1.82, 2.24) is 0 Å². The van der Waals surface area contributed by atoms with E-state index < -0.39 is 20.5 Å². The van der Waals surface area contributed by atoms with Crippen molar-refractivity contribution < 1.29 is 9.59 Å². The minimum absolute atomic E-state index is 0.204. The SMILES string of the molecule is Cc1ccc(Cl)cc1N1C(=O)C2C(C1=O)C1(Br)c3ccccc3C2(Br)c2ccccc21. The monoisotopic (exact) mass is 555 g/mol. The summed E-state index contributed by atoms with van der Waals surface area (Å²) in [5, 5.41) is 0.493. The van der Waals surface area contributed by atoms with Crippen molar-refractivity contribution in [2.24, 2.45) is 11.8 Å². The Morgan fingerprint density at radius 2 is 1.19 bits per heavy atom. The predicted octanol–water partition coefficient (Wildman–Crippen LogP) is 6.06. The van der Waals surface area contributed by atoms with Crippen molar-refractivity contribution in [2.45, 2.75) is 15.6 Å². The molecule has 4 aliphatic rings. The molecule has 3 aromatic rings. The summed E-state index contributed by atoms with van der Waals surface area (Å²) in [7, 11) is 0. The van der Waals surface area contributed by atoms with Crippen LogP contribution in [-0.4, -0.2) is 11.8 Å². The van der Waals surface area contributed by atoms with Gasteiger partial charge in [-0.15, -0.1) is 0 Å². The van der Waals surface area contributed by atoms with Crippen molar-refractivity contribution in [3.63, 3.8) is 0 Å². The van der Waals surface area contributed by atoms with Gasteiger partial charge in [0.2, 0.25) is 11.8 Å². The highest BCUT2D eigenvalue weighted by atomic mass is 79.9. The van der Waals surface area contributed by atoms with Crippen molar-refractivity contribution >= 4 is 61.0 Å². The molecule has 0 aromatic heterocycles. The minimum atomic E-state index is -0.783. The van der Waals surface area contributed by atoms with Crippen molar-refractivity contribution in [1.29, 1.82) is 0 Å². The Balaban J connectivity index is 1.67. The van der Waals surface area contributed by atoms with Crippen LogP contribution in [0.25, 0.3) is 0 Å². The highest BCUT2D eigenvalue weighted by Gasteiger charge is 2.72. The summed E-state index contributed by atoms with van der Waals surface area (Å²) < 4.78 is -1.57. The number of rotatable bonds is 1. The Hall–Kier alpha value is -1.95. The highest BCUT2D eigenvalue weighted by molar-refractivity contribution is 9.10. The van der Waals surface area contributed by atoms with Crippen LogP contribution in [0.5, 0.6) is 0 Å². The molecule has 2 amide bonds. The fraction of sp³-hybridized carbons (Fsp3) is 0.200. The molecule has 3 aliphatic carbocycles. The fourth-order valence-electron chi connectivity index (χ4n) is 5.73. The van der Waals surface area contributed by atoms with Crippen LogP contribution in [0.1, 0.15) is 27.8 Å². The smallest absolute Gasteiger partial charge is 0.239 e. The Morgan fingerprint density at radius 1 is 0.774 bits per heavy atom. The first-order valence-corrected chi connectivity index (χ1v) is 12.0. The van der Waals surface area contributed by atoms with Gasteiger partial charge in [-0.25, -0.2) is 4.90 Å². The average Bonchev–Trinajstić information content (AvgIpc) is 3.05. The molecule has 0 saturated carbocycles. The van der Waals surface area contributed by atoms with Crippen LogP contribution in [-0.2, 0) is 18.2 Å². The number of nitrogens with zero attached hydrogens (tertiary/aromatic N) is 1. The number of carbonyl (C=O) groups is 2. The molecule has 7 rings (SSSR count). The van der Waals surface area contributed by atoms with E-state index >= 15 is 0 Å². The maximum atomic E-state index is 14.0. The van der Waals surface area contributed by atoms with E-state index in [2.05, 4.69) is 56.1 Å². The topological polar surface area (TPSA) is 37.4 Å². The summed E-state index contributed by atoms with van der Waals surface area (Å²) in [6.07, 6.45) is 0. The third-order valence-electron chi connectivity index (χ3n) is 7.00. The number of aryl methyl sites for hydroxylation is 1. The molecule has 0 radical (unpaired) electrons. The number of alkyl halides is 2. The zero-order valence-corrected chi connectivity index (χ0v) is 20.3. The summed E-state index contributed by atoms with van der Waals surface area (Å²) in [5.41, 5.74) is 5.49. The van der Waals surface area contributed by atoms with Crippen LogP contribution in [0.4, 0.5) is 5.69 Å². The van der Waals surface area contributed by atoms with Gasteiger partial charge in [0.1, 0.15) is 0 Å². The Morgan fingerprint density at radius 3 is 1.61 bits per heavy atom. The third-order valence-corrected chi connectivity index (χ3v) is 9.93. The van der Waals surface area contributed by atoms with E-state index in [0.717, 1.165) is 27.8 Å². The number of imide groups is 1. The highest BCUT2D eigenvalue weighted by Crippen LogP contribution is 2.70. The number of hydrogen-bond acceptors (Lipinski definition) is 2. The van der Waals surface area contributed by atoms with Gasteiger partial charge in [0, 0.05) is 5.02 Å². The Kier molecular flexibility index (Phi) is 4.01. The molecule has 2 unspecified atom stereocenters. The van der Waals surface area contributed by atoms with Crippen molar-refractivity contribution in [2.75, 3.05) is 4.90 Å². The Bertz CT molecular complexity index is 1200. The zero-order valence-electron chi connectivity index (χ0n) is 16.4. The molecule has 1 saturated heterocycles. The average molecular weight is 558 g/mol. The molecule has 154 valence electrons. The molecule has 0 spiro atoms. The van der Waals surface area contributed by atoms with Crippen molar-refractivity contribution in [3.8, 4) is 0 Å². The van der Waals surface area contributed by atoms with Crippen LogP contribution in [0.2, 0.25) is 5.02 Å². The summed E-state index contributed by atoms with van der Waals surface area (Å²) >= 11 is 14.3. The van der Waals surface area contributed by atoms with Gasteiger partial charge in [-0.1, -0.05) is 98.1 Å². The maximum Gasteiger partial charge on any atom is 0.239 e. The lowest BCUT2D eigenvalue weighted by atomic mass is 9.54. The van der Waals surface area contributed by atoms with E-state index in [1.54, 1.807) is 12.1 Å². The fourth-order valence-corrected chi connectivity index (χ4v) is 8.20. The Labute approximate surface area is 201 Å². The van der Waals surface area contributed by atoms with Gasteiger partial charge in [0.05, 0.1) is 26.2 Å². The van der Waals surface area contributed by atoms with Gasteiger partial charge in [-0.05, 0) is 46.9 Å². The summed E-state index contributed by atoms with van der Waals surface area (Å²) in [5.74, 6) is -1.57. The van der Waals surface area contributed by atoms with E-state index in [1.807, 2.05) is 37.3 Å². The number of carbonyl (C=O) groups excluding carboxylic acids is 2. The molecule has 31 heavy (non-hydrogen) atoms. The number of amides is 2. The summed E-state index contributed by atoms with van der Waals surface area (Å²) in [6.45, 7) is 1.89. The van der Waals surface area contributed by atoms with E-state index in [-0.39, 0.29) is 11.8 Å². The lowest BCUT2D eigenvalue weighted by Crippen LogP contribution is -2.56. The molecular formula is C25H16Br2ClNO2. The molecule has 2 atom stereocenters. The number of benzene rings is 3. The normalized spacial score (nSPS) is 30.3. The largest absolute Gasteiger partial charge is 0.274 e. The van der Waals surface area contributed by atoms with Gasteiger partial charge in [0.25, 0.3) is 0 Å². The van der Waals surface area contributed by atoms with Gasteiger partial charge in [-0.3, -0.25) is 9.59 Å². The van der Waals surface area contributed by atoms with Crippen LogP contribution < -0.4 is 4.90 Å². The van der Waals surface area contributed by atoms with Crippen LogP contribution in [0.15, 0.2) is 66.7 Å². The third kappa shape index (κ3) is 2.20. The van der Waals surface area contributed by atoms with Crippen LogP contribution >= 0.6 is 43.5 Å². The molecule has 0 N–H and O–H groups in total. The van der Waals surface area contributed by atoms with Crippen molar-refractivity contribution in [3.05, 3.63) is 99.6 Å². The molecule has 1 fully saturated rings. The second kappa shape index (κ2) is 6.31. The molecule has 6 heteroatoms. The van der Waals surface area contributed by atoms with Gasteiger partial charge in [-0.2, -0.15) is 0 Å². The quantitative estimate of drug-likeness (QED) is 0.270. The number of anilines is 1. The second-order valence-corrected chi connectivity index (χ2v) is 11.4. The zero-order chi connectivity index (χ0) is 21.7. The standard InChI is InChI=1S/C25H16Br2ClNO2/c1-13-10-11-14(28)12-19(13)29-22(30)20-21(23(29)31)25(27)16-7-3-2-6-15(16)24(20,26)17-8-4-5-9-18(17)25/h2-12,20-21H,1H3. The van der Waals surface area contributed by atoms with Crippen LogP contribution in [0.3, 0.4) is 0 Å². The molecule has 2 bridgehead atoms. The lowest BCUT2D eigenvalue weighted by molar-refractivity contribution is -0.122. The molecule has 3 aromatic carbocycles. The molecular weight excluding hydrogens is 542 g/mol. The van der Waals surface area contributed by atoms with E-state index in [1.165, 1.54) is 4.90 Å². The van der Waals surface area contributed by atoms with E-state index in [4.69, 9.17) is 11.6 Å². The van der Waals surface area contributed by atoms with Gasteiger partial charge in [0.15, 0.2) is 0 Å². The number of halogens is 3. The van der Waals surface area contributed by atoms with Gasteiger partial charge >= 0.3 is 0 Å².